The first-order chi connectivity index (χ1) is 8.61. The predicted octanol–water partition coefficient (Wildman–Crippen LogP) is 2.42. The zero-order chi connectivity index (χ0) is 13.6. The highest BCUT2D eigenvalue weighted by Crippen LogP contribution is 2.29. The zero-order valence-corrected chi connectivity index (χ0v) is 11.9. The molecule has 0 saturated carbocycles. The molecule has 1 aromatic rings. The lowest BCUT2D eigenvalue weighted by Gasteiger charge is -2.28. The van der Waals surface area contributed by atoms with E-state index >= 15 is 0 Å². The molecular weight excluding hydrogens is 226 g/mol. The van der Waals surface area contributed by atoms with Gasteiger partial charge in [-0.05, 0) is 25.3 Å². The zero-order valence-electron chi connectivity index (χ0n) is 11.9. The van der Waals surface area contributed by atoms with E-state index in [1.807, 2.05) is 6.07 Å². The van der Waals surface area contributed by atoms with E-state index in [1.54, 1.807) is 13.3 Å². The number of methoxy groups -OCH3 is 1. The van der Waals surface area contributed by atoms with Crippen molar-refractivity contribution in [2.45, 2.75) is 58.1 Å². The highest BCUT2D eigenvalue weighted by molar-refractivity contribution is 5.09. The third-order valence-corrected chi connectivity index (χ3v) is 3.65. The molecule has 0 fully saturated rings. The fourth-order valence-corrected chi connectivity index (χ4v) is 2.09. The maximum absolute atomic E-state index is 5.97. The van der Waals surface area contributed by atoms with Gasteiger partial charge in [-0.25, -0.2) is 9.97 Å². The summed E-state index contributed by atoms with van der Waals surface area (Å²) in [5.74, 6) is 0.774. The first kappa shape index (κ1) is 15.1. The second-order valence-electron chi connectivity index (χ2n) is 4.65. The van der Waals surface area contributed by atoms with Crippen molar-refractivity contribution < 1.29 is 4.74 Å². The number of nitrogens with zero attached hydrogens (tertiary/aromatic N) is 2. The summed E-state index contributed by atoms with van der Waals surface area (Å²) in [4.78, 5) is 9.01. The molecule has 1 atom stereocenters. The molecule has 0 saturated heterocycles. The standard InChI is InChI=1S/C14H25N3O/c1-5-11(15)10-12-8-9-16-13(17-12)14(6-2,7-3)18-4/h8-9,11H,5-7,10,15H2,1-4H3. The molecule has 0 aliphatic carbocycles. The van der Waals surface area contributed by atoms with Gasteiger partial charge in [0.25, 0.3) is 0 Å². The van der Waals surface area contributed by atoms with Crippen molar-refractivity contribution in [3.63, 3.8) is 0 Å². The average molecular weight is 251 g/mol. The van der Waals surface area contributed by atoms with Crippen LogP contribution in [-0.4, -0.2) is 23.1 Å². The number of nitrogens with two attached hydrogens (primary N) is 1. The Morgan fingerprint density at radius 1 is 1.33 bits per heavy atom. The monoisotopic (exact) mass is 251 g/mol. The van der Waals surface area contributed by atoms with Crippen LogP contribution in [0, 0.1) is 0 Å². The Morgan fingerprint density at radius 3 is 2.50 bits per heavy atom. The molecule has 0 aromatic carbocycles. The molecule has 2 N–H and O–H groups in total. The highest BCUT2D eigenvalue weighted by Gasteiger charge is 2.31. The van der Waals surface area contributed by atoms with Crippen molar-refractivity contribution in [2.75, 3.05) is 7.11 Å². The molecule has 0 bridgehead atoms. The largest absolute Gasteiger partial charge is 0.370 e. The summed E-state index contributed by atoms with van der Waals surface area (Å²) in [6.45, 7) is 6.28. The van der Waals surface area contributed by atoms with E-state index in [9.17, 15) is 0 Å². The van der Waals surface area contributed by atoms with Gasteiger partial charge in [0.2, 0.25) is 0 Å². The minimum Gasteiger partial charge on any atom is -0.370 e. The smallest absolute Gasteiger partial charge is 0.160 e. The summed E-state index contributed by atoms with van der Waals surface area (Å²) in [6.07, 6.45) is 5.28. The van der Waals surface area contributed by atoms with Crippen molar-refractivity contribution in [1.82, 2.24) is 9.97 Å². The highest BCUT2D eigenvalue weighted by atomic mass is 16.5. The average Bonchev–Trinajstić information content (AvgIpc) is 2.42. The Morgan fingerprint density at radius 2 is 2.00 bits per heavy atom. The van der Waals surface area contributed by atoms with Gasteiger partial charge in [-0.2, -0.15) is 0 Å². The van der Waals surface area contributed by atoms with Gasteiger partial charge < -0.3 is 10.5 Å². The van der Waals surface area contributed by atoms with E-state index in [2.05, 4.69) is 30.7 Å². The van der Waals surface area contributed by atoms with Crippen LogP contribution in [0.1, 0.15) is 51.6 Å². The van der Waals surface area contributed by atoms with Gasteiger partial charge in [0.1, 0.15) is 5.60 Å². The minimum absolute atomic E-state index is 0.160. The van der Waals surface area contributed by atoms with Crippen LogP contribution in [0.25, 0.3) is 0 Å². The molecule has 0 radical (unpaired) electrons. The van der Waals surface area contributed by atoms with Crippen LogP contribution >= 0.6 is 0 Å². The van der Waals surface area contributed by atoms with E-state index in [4.69, 9.17) is 10.5 Å². The molecule has 0 aliphatic rings. The van der Waals surface area contributed by atoms with Crippen molar-refractivity contribution in [2.24, 2.45) is 5.73 Å². The lowest BCUT2D eigenvalue weighted by atomic mass is 9.95. The van der Waals surface area contributed by atoms with E-state index in [0.29, 0.717) is 0 Å². The second-order valence-corrected chi connectivity index (χ2v) is 4.65. The van der Waals surface area contributed by atoms with Gasteiger partial charge >= 0.3 is 0 Å². The van der Waals surface area contributed by atoms with Crippen molar-refractivity contribution >= 4 is 0 Å². The molecule has 1 unspecified atom stereocenters. The third kappa shape index (κ3) is 3.27. The minimum atomic E-state index is -0.369. The van der Waals surface area contributed by atoms with E-state index in [0.717, 1.165) is 37.2 Å². The molecule has 18 heavy (non-hydrogen) atoms. The number of aromatic nitrogens is 2. The topological polar surface area (TPSA) is 61.0 Å². The van der Waals surface area contributed by atoms with Gasteiger partial charge in [-0.15, -0.1) is 0 Å². The second kappa shape index (κ2) is 6.81. The lowest BCUT2D eigenvalue weighted by molar-refractivity contribution is -0.0293. The number of hydrogen-bond donors (Lipinski definition) is 1. The molecule has 0 spiro atoms. The number of hydrogen-bond acceptors (Lipinski definition) is 4. The quantitative estimate of drug-likeness (QED) is 0.808. The molecule has 0 aliphatic heterocycles. The fourth-order valence-electron chi connectivity index (χ4n) is 2.09. The summed E-state index contributed by atoms with van der Waals surface area (Å²) in [5, 5.41) is 0. The van der Waals surface area contributed by atoms with Gasteiger partial charge in [-0.1, -0.05) is 20.8 Å². The molecule has 1 aromatic heterocycles. The molecule has 0 amide bonds. The van der Waals surface area contributed by atoms with Crippen LogP contribution in [0.4, 0.5) is 0 Å². The number of rotatable bonds is 7. The van der Waals surface area contributed by atoms with Crippen LogP contribution < -0.4 is 5.73 Å². The van der Waals surface area contributed by atoms with E-state index in [1.165, 1.54) is 0 Å². The SMILES string of the molecule is CCC(N)Cc1ccnc(C(CC)(CC)OC)n1. The van der Waals surface area contributed by atoms with Gasteiger partial charge in [0.05, 0.1) is 0 Å². The van der Waals surface area contributed by atoms with Crippen LogP contribution in [-0.2, 0) is 16.8 Å². The molecule has 1 rings (SSSR count). The summed E-state index contributed by atoms with van der Waals surface area (Å²) < 4.78 is 5.65. The van der Waals surface area contributed by atoms with Crippen molar-refractivity contribution in [3.05, 3.63) is 23.8 Å². The fraction of sp³-hybridized carbons (Fsp3) is 0.714. The molecule has 4 heteroatoms. The van der Waals surface area contributed by atoms with E-state index < -0.39 is 0 Å². The van der Waals surface area contributed by atoms with Crippen molar-refractivity contribution in [3.8, 4) is 0 Å². The molecule has 1 heterocycles. The van der Waals surface area contributed by atoms with Gasteiger partial charge in [-0.3, -0.25) is 0 Å². The van der Waals surface area contributed by atoms with Crippen LogP contribution in [0.5, 0.6) is 0 Å². The van der Waals surface area contributed by atoms with Crippen LogP contribution in [0.15, 0.2) is 12.3 Å². The maximum Gasteiger partial charge on any atom is 0.160 e. The van der Waals surface area contributed by atoms with Gasteiger partial charge in [0, 0.05) is 31.5 Å². The van der Waals surface area contributed by atoms with Crippen LogP contribution in [0.3, 0.4) is 0 Å². The summed E-state index contributed by atoms with van der Waals surface area (Å²) >= 11 is 0. The van der Waals surface area contributed by atoms with Crippen LogP contribution in [0.2, 0.25) is 0 Å². The third-order valence-electron chi connectivity index (χ3n) is 3.65. The van der Waals surface area contributed by atoms with E-state index in [-0.39, 0.29) is 11.6 Å². The molecule has 102 valence electrons. The first-order valence-electron chi connectivity index (χ1n) is 6.75. The molecule has 4 nitrogen and oxygen atoms in total. The Balaban J connectivity index is 2.99. The Hall–Kier alpha value is -1.00. The summed E-state index contributed by atoms with van der Waals surface area (Å²) in [7, 11) is 1.72. The number of ether oxygens (including phenoxy) is 1. The first-order valence-corrected chi connectivity index (χ1v) is 6.75. The normalized spacial score (nSPS) is 13.6. The molecular formula is C14H25N3O. The maximum atomic E-state index is 5.97. The summed E-state index contributed by atoms with van der Waals surface area (Å²) in [5.41, 5.74) is 6.60. The Kier molecular flexibility index (Phi) is 5.69. The predicted molar refractivity (Wildman–Crippen MR) is 73.3 cm³/mol. The van der Waals surface area contributed by atoms with Gasteiger partial charge in [0.15, 0.2) is 5.82 Å². The Labute approximate surface area is 110 Å². The Bertz CT molecular complexity index is 356. The lowest BCUT2D eigenvalue weighted by Crippen LogP contribution is -2.30. The summed E-state index contributed by atoms with van der Waals surface area (Å²) in [6, 6.07) is 2.10. The van der Waals surface area contributed by atoms with Crippen molar-refractivity contribution in [1.29, 1.82) is 0 Å².